The molecule has 1 heterocycles. The van der Waals surface area contributed by atoms with Gasteiger partial charge in [0.1, 0.15) is 10.8 Å². The van der Waals surface area contributed by atoms with E-state index in [-0.39, 0.29) is 11.4 Å². The second-order valence-corrected chi connectivity index (χ2v) is 4.36. The second-order valence-electron chi connectivity index (χ2n) is 3.57. The fraction of sp³-hybridized carbons (Fsp3) is 0.0769. The highest BCUT2D eigenvalue weighted by Crippen LogP contribution is 2.24. The number of aromatic carboxylic acids is 1. The van der Waals surface area contributed by atoms with Crippen LogP contribution in [0.1, 0.15) is 10.4 Å². The Hall–Kier alpha value is -1.88. The van der Waals surface area contributed by atoms with Gasteiger partial charge in [0.2, 0.25) is 0 Å². The third-order valence-electron chi connectivity index (χ3n) is 2.42. The summed E-state index contributed by atoms with van der Waals surface area (Å²) in [6.07, 6.45) is 1.77. The third-order valence-corrected chi connectivity index (χ3v) is 3.12. The highest BCUT2D eigenvalue weighted by Gasteiger charge is 2.12. The van der Waals surface area contributed by atoms with Crippen LogP contribution in [0.4, 0.5) is 4.39 Å². The first kappa shape index (κ1) is 12.6. The summed E-state index contributed by atoms with van der Waals surface area (Å²) in [6, 6.07) is 9.06. The molecule has 1 aromatic carbocycles. The predicted molar refractivity (Wildman–Crippen MR) is 68.4 cm³/mol. The Balaban J connectivity index is 2.47. The topological polar surface area (TPSA) is 50.2 Å². The highest BCUT2D eigenvalue weighted by atomic mass is 32.2. The van der Waals surface area contributed by atoms with E-state index in [2.05, 4.69) is 4.98 Å². The van der Waals surface area contributed by atoms with Crippen LogP contribution in [0.5, 0.6) is 0 Å². The Morgan fingerprint density at radius 1 is 1.22 bits per heavy atom. The predicted octanol–water partition coefficient (Wildman–Crippen LogP) is 3.31. The number of carbonyl (C=O) groups is 1. The van der Waals surface area contributed by atoms with E-state index in [0.717, 1.165) is 5.56 Å². The van der Waals surface area contributed by atoms with E-state index in [0.29, 0.717) is 10.7 Å². The van der Waals surface area contributed by atoms with Gasteiger partial charge in [0.25, 0.3) is 0 Å². The van der Waals surface area contributed by atoms with Crippen LogP contribution in [-0.4, -0.2) is 22.3 Å². The lowest BCUT2D eigenvalue weighted by Gasteiger charge is -2.06. The minimum Gasteiger partial charge on any atom is -0.478 e. The number of halogens is 1. The summed E-state index contributed by atoms with van der Waals surface area (Å²) in [5.41, 5.74) is 1.56. The fourth-order valence-electron chi connectivity index (χ4n) is 1.54. The van der Waals surface area contributed by atoms with E-state index in [4.69, 9.17) is 5.11 Å². The van der Waals surface area contributed by atoms with Crippen molar-refractivity contribution in [3.8, 4) is 11.3 Å². The third kappa shape index (κ3) is 2.51. The fourth-order valence-corrected chi connectivity index (χ4v) is 2.11. The van der Waals surface area contributed by atoms with E-state index < -0.39 is 5.97 Å². The van der Waals surface area contributed by atoms with Crippen molar-refractivity contribution < 1.29 is 14.3 Å². The Bertz CT molecular complexity index is 584. The van der Waals surface area contributed by atoms with Crippen molar-refractivity contribution in [1.29, 1.82) is 0 Å². The SMILES string of the molecule is CSc1nc(-c2ccc(F)cc2)ccc1C(=O)O. The van der Waals surface area contributed by atoms with Gasteiger partial charge >= 0.3 is 5.97 Å². The Morgan fingerprint density at radius 2 is 1.89 bits per heavy atom. The van der Waals surface area contributed by atoms with Crippen LogP contribution >= 0.6 is 11.8 Å². The van der Waals surface area contributed by atoms with Crippen LogP contribution in [0.25, 0.3) is 11.3 Å². The minimum atomic E-state index is -1.00. The number of thioether (sulfide) groups is 1. The molecule has 0 spiro atoms. The molecule has 0 saturated heterocycles. The number of nitrogens with zero attached hydrogens (tertiary/aromatic N) is 1. The molecular weight excluding hydrogens is 253 g/mol. The molecule has 2 aromatic rings. The standard InChI is InChI=1S/C13H10FNO2S/c1-18-12-10(13(16)17)6-7-11(15-12)8-2-4-9(14)5-3-8/h2-7H,1H3,(H,16,17). The van der Waals surface area contributed by atoms with Crippen LogP contribution in [0.15, 0.2) is 41.4 Å². The zero-order valence-electron chi connectivity index (χ0n) is 9.55. The Kier molecular flexibility index (Phi) is 3.62. The average molecular weight is 263 g/mol. The summed E-state index contributed by atoms with van der Waals surface area (Å²) in [5, 5.41) is 9.44. The molecule has 5 heteroatoms. The zero-order valence-corrected chi connectivity index (χ0v) is 10.4. The lowest BCUT2D eigenvalue weighted by molar-refractivity contribution is 0.0692. The van der Waals surface area contributed by atoms with E-state index in [1.807, 2.05) is 0 Å². The van der Waals surface area contributed by atoms with Crippen molar-refractivity contribution in [1.82, 2.24) is 4.98 Å². The molecule has 0 aliphatic carbocycles. The lowest BCUT2D eigenvalue weighted by atomic mass is 10.1. The van der Waals surface area contributed by atoms with Gasteiger partial charge < -0.3 is 5.11 Å². The van der Waals surface area contributed by atoms with Gasteiger partial charge in [0, 0.05) is 5.56 Å². The first-order valence-corrected chi connectivity index (χ1v) is 6.38. The van der Waals surface area contributed by atoms with Crippen molar-refractivity contribution in [3.05, 3.63) is 47.8 Å². The smallest absolute Gasteiger partial charge is 0.338 e. The van der Waals surface area contributed by atoms with Crippen molar-refractivity contribution in [2.24, 2.45) is 0 Å². The van der Waals surface area contributed by atoms with E-state index in [1.54, 1.807) is 24.5 Å². The first-order chi connectivity index (χ1) is 8.61. The molecule has 0 radical (unpaired) electrons. The summed E-state index contributed by atoms with van der Waals surface area (Å²) in [5.74, 6) is -1.32. The van der Waals surface area contributed by atoms with Gasteiger partial charge in [0.05, 0.1) is 11.3 Å². The molecule has 1 aromatic heterocycles. The Labute approximate surface area is 108 Å². The van der Waals surface area contributed by atoms with Gasteiger partial charge in [-0.2, -0.15) is 0 Å². The van der Waals surface area contributed by atoms with Gasteiger partial charge in [-0.15, -0.1) is 11.8 Å². The molecule has 92 valence electrons. The van der Waals surface area contributed by atoms with Crippen LogP contribution in [0, 0.1) is 5.82 Å². The minimum absolute atomic E-state index is 0.174. The van der Waals surface area contributed by atoms with E-state index in [9.17, 15) is 9.18 Å². The maximum atomic E-state index is 12.8. The number of hydrogen-bond acceptors (Lipinski definition) is 3. The Morgan fingerprint density at radius 3 is 2.44 bits per heavy atom. The molecule has 0 bridgehead atoms. The monoisotopic (exact) mass is 263 g/mol. The molecule has 0 unspecified atom stereocenters. The van der Waals surface area contributed by atoms with E-state index in [1.165, 1.54) is 30.0 Å². The zero-order chi connectivity index (χ0) is 13.1. The highest BCUT2D eigenvalue weighted by molar-refractivity contribution is 7.98. The number of hydrogen-bond donors (Lipinski definition) is 1. The van der Waals surface area contributed by atoms with Crippen molar-refractivity contribution in [2.45, 2.75) is 5.03 Å². The normalized spacial score (nSPS) is 10.3. The summed E-state index contributed by atoms with van der Waals surface area (Å²) in [7, 11) is 0. The van der Waals surface area contributed by atoms with Crippen LogP contribution in [0.3, 0.4) is 0 Å². The van der Waals surface area contributed by atoms with Crippen LogP contribution in [0.2, 0.25) is 0 Å². The van der Waals surface area contributed by atoms with Crippen molar-refractivity contribution in [2.75, 3.05) is 6.26 Å². The number of aromatic nitrogens is 1. The first-order valence-electron chi connectivity index (χ1n) is 5.16. The van der Waals surface area contributed by atoms with Crippen LogP contribution in [-0.2, 0) is 0 Å². The maximum Gasteiger partial charge on any atom is 0.338 e. The summed E-state index contributed by atoms with van der Waals surface area (Å²) >= 11 is 1.27. The average Bonchev–Trinajstić information content (AvgIpc) is 2.38. The maximum absolute atomic E-state index is 12.8. The van der Waals surface area contributed by atoms with Crippen molar-refractivity contribution >= 4 is 17.7 Å². The molecule has 18 heavy (non-hydrogen) atoms. The lowest BCUT2D eigenvalue weighted by Crippen LogP contribution is -2.01. The molecule has 3 nitrogen and oxygen atoms in total. The van der Waals surface area contributed by atoms with Gasteiger partial charge in [-0.3, -0.25) is 0 Å². The molecule has 1 N–H and O–H groups in total. The van der Waals surface area contributed by atoms with Crippen molar-refractivity contribution in [3.63, 3.8) is 0 Å². The molecular formula is C13H10FNO2S. The quantitative estimate of drug-likeness (QED) is 0.863. The summed E-state index contributed by atoms with van der Waals surface area (Å²) < 4.78 is 12.8. The molecule has 0 atom stereocenters. The number of benzene rings is 1. The molecule has 0 aliphatic rings. The summed E-state index contributed by atoms with van der Waals surface area (Å²) in [4.78, 5) is 15.2. The van der Waals surface area contributed by atoms with Gasteiger partial charge in [-0.05, 0) is 42.7 Å². The number of carboxylic acids is 1. The van der Waals surface area contributed by atoms with Gasteiger partial charge in [0.15, 0.2) is 0 Å². The van der Waals surface area contributed by atoms with Gasteiger partial charge in [-0.1, -0.05) is 0 Å². The number of pyridine rings is 1. The van der Waals surface area contributed by atoms with Crippen LogP contribution < -0.4 is 0 Å². The molecule has 2 rings (SSSR count). The van der Waals surface area contributed by atoms with Gasteiger partial charge in [-0.25, -0.2) is 14.2 Å². The molecule has 0 saturated carbocycles. The second kappa shape index (κ2) is 5.18. The summed E-state index contributed by atoms with van der Waals surface area (Å²) in [6.45, 7) is 0. The largest absolute Gasteiger partial charge is 0.478 e. The number of carboxylic acid groups (broad SMARTS) is 1. The molecule has 0 aliphatic heterocycles. The van der Waals surface area contributed by atoms with E-state index >= 15 is 0 Å². The molecule has 0 amide bonds. The molecule has 0 fully saturated rings. The number of rotatable bonds is 3.